The van der Waals surface area contributed by atoms with Crippen LogP contribution in [0.4, 0.5) is 0 Å². The molecule has 24 heavy (non-hydrogen) atoms. The standard InChI is InChI=1S/C20H34O4/c1-5-6-7-8-9-10-11-12-13-14-15-18(21)17(4)20(23)24-19(22)16(2)3/h21H,2,5-15H2,1,3-4H3. The van der Waals surface area contributed by atoms with Gasteiger partial charge in [-0.2, -0.15) is 0 Å². The smallest absolute Gasteiger partial charge is 0.345 e. The van der Waals surface area contributed by atoms with E-state index in [1.807, 2.05) is 0 Å². The zero-order valence-corrected chi connectivity index (χ0v) is 15.7. The molecule has 0 aromatic rings. The Morgan fingerprint density at radius 2 is 1.29 bits per heavy atom. The minimum atomic E-state index is -0.799. The lowest BCUT2D eigenvalue weighted by atomic mass is 10.0. The van der Waals surface area contributed by atoms with Crippen LogP contribution in [-0.2, 0) is 14.3 Å². The molecule has 0 aromatic heterocycles. The van der Waals surface area contributed by atoms with Crippen molar-refractivity contribution in [3.05, 3.63) is 23.5 Å². The Bertz CT molecular complexity index is 435. The summed E-state index contributed by atoms with van der Waals surface area (Å²) < 4.78 is 4.60. The summed E-state index contributed by atoms with van der Waals surface area (Å²) in [6.07, 6.45) is 12.6. The lowest BCUT2D eigenvalue weighted by molar-refractivity contribution is -0.154. The molecule has 0 radical (unpaired) electrons. The maximum absolute atomic E-state index is 11.7. The molecule has 0 aliphatic heterocycles. The maximum atomic E-state index is 11.7. The van der Waals surface area contributed by atoms with Crippen LogP contribution in [0.2, 0.25) is 0 Å². The van der Waals surface area contributed by atoms with Crippen molar-refractivity contribution < 1.29 is 19.4 Å². The van der Waals surface area contributed by atoms with Crippen LogP contribution >= 0.6 is 0 Å². The Balaban J connectivity index is 3.83. The van der Waals surface area contributed by atoms with Crippen molar-refractivity contribution in [2.75, 3.05) is 0 Å². The largest absolute Gasteiger partial charge is 0.512 e. The minimum absolute atomic E-state index is 0.00841. The Kier molecular flexibility index (Phi) is 12.9. The van der Waals surface area contributed by atoms with Gasteiger partial charge in [0.25, 0.3) is 0 Å². The van der Waals surface area contributed by atoms with E-state index >= 15 is 0 Å². The Labute approximate surface area is 147 Å². The molecule has 0 fully saturated rings. The predicted molar refractivity (Wildman–Crippen MR) is 97.7 cm³/mol. The lowest BCUT2D eigenvalue weighted by Gasteiger charge is -2.06. The maximum Gasteiger partial charge on any atom is 0.345 e. The normalized spacial score (nSPS) is 11.8. The zero-order valence-electron chi connectivity index (χ0n) is 15.7. The molecule has 0 aliphatic carbocycles. The van der Waals surface area contributed by atoms with Gasteiger partial charge in [0.1, 0.15) is 5.76 Å². The molecular formula is C20H34O4. The van der Waals surface area contributed by atoms with E-state index in [0.717, 1.165) is 19.3 Å². The van der Waals surface area contributed by atoms with Crippen molar-refractivity contribution >= 4 is 11.9 Å². The molecule has 0 saturated carbocycles. The topological polar surface area (TPSA) is 63.6 Å². The van der Waals surface area contributed by atoms with Gasteiger partial charge in [-0.1, -0.05) is 71.3 Å². The molecule has 0 heterocycles. The highest BCUT2D eigenvalue weighted by molar-refractivity contribution is 6.01. The van der Waals surface area contributed by atoms with Gasteiger partial charge in [0, 0.05) is 12.0 Å². The number of hydrogen-bond acceptors (Lipinski definition) is 4. The lowest BCUT2D eigenvalue weighted by Crippen LogP contribution is -2.14. The van der Waals surface area contributed by atoms with E-state index in [-0.39, 0.29) is 16.9 Å². The monoisotopic (exact) mass is 338 g/mol. The fourth-order valence-electron chi connectivity index (χ4n) is 2.33. The van der Waals surface area contributed by atoms with Gasteiger partial charge in [-0.05, 0) is 20.3 Å². The SMILES string of the molecule is C=C(C)C(=O)OC(=O)C(C)=C(O)CCCCCCCCCCCC. The number of aliphatic hydroxyl groups is 1. The number of unbranched alkanes of at least 4 members (excludes halogenated alkanes) is 9. The third-order valence-electron chi connectivity index (χ3n) is 4.04. The molecule has 1 N–H and O–H groups in total. The van der Waals surface area contributed by atoms with Gasteiger partial charge in [-0.3, -0.25) is 0 Å². The minimum Gasteiger partial charge on any atom is -0.512 e. The van der Waals surface area contributed by atoms with E-state index < -0.39 is 11.9 Å². The van der Waals surface area contributed by atoms with Gasteiger partial charge >= 0.3 is 11.9 Å². The van der Waals surface area contributed by atoms with Gasteiger partial charge in [-0.25, -0.2) is 9.59 Å². The van der Waals surface area contributed by atoms with Gasteiger partial charge in [0.15, 0.2) is 0 Å². The van der Waals surface area contributed by atoms with Crippen molar-refractivity contribution in [2.24, 2.45) is 0 Å². The number of rotatable bonds is 13. The third-order valence-corrected chi connectivity index (χ3v) is 4.04. The third kappa shape index (κ3) is 11.0. The second-order valence-corrected chi connectivity index (χ2v) is 6.46. The summed E-state index contributed by atoms with van der Waals surface area (Å²) in [5.74, 6) is -1.55. The van der Waals surface area contributed by atoms with Crippen LogP contribution < -0.4 is 0 Å². The number of esters is 2. The highest BCUT2D eigenvalue weighted by Gasteiger charge is 2.16. The van der Waals surface area contributed by atoms with E-state index in [9.17, 15) is 14.7 Å². The molecule has 4 heteroatoms. The summed E-state index contributed by atoms with van der Waals surface area (Å²) in [4.78, 5) is 23.0. The summed E-state index contributed by atoms with van der Waals surface area (Å²) in [5.41, 5.74) is 0.255. The van der Waals surface area contributed by atoms with Gasteiger partial charge in [0.05, 0.1) is 5.57 Å². The summed E-state index contributed by atoms with van der Waals surface area (Å²) >= 11 is 0. The number of allylic oxidation sites excluding steroid dienone is 1. The van der Waals surface area contributed by atoms with Crippen LogP contribution in [0.15, 0.2) is 23.5 Å². The van der Waals surface area contributed by atoms with Crippen LogP contribution in [0.3, 0.4) is 0 Å². The molecule has 0 bridgehead atoms. The van der Waals surface area contributed by atoms with E-state index in [2.05, 4.69) is 18.2 Å². The number of hydrogen-bond donors (Lipinski definition) is 1. The van der Waals surface area contributed by atoms with E-state index in [0.29, 0.717) is 6.42 Å². The Morgan fingerprint density at radius 3 is 1.75 bits per heavy atom. The number of ether oxygens (including phenoxy) is 1. The quantitative estimate of drug-likeness (QED) is 0.152. The predicted octanol–water partition coefficient (Wildman–Crippen LogP) is 5.78. The summed E-state index contributed by atoms with van der Waals surface area (Å²) in [6.45, 7) is 8.58. The van der Waals surface area contributed by atoms with E-state index in [1.165, 1.54) is 58.8 Å². The van der Waals surface area contributed by atoms with E-state index in [1.54, 1.807) is 0 Å². The molecule has 0 amide bonds. The van der Waals surface area contributed by atoms with E-state index in [4.69, 9.17) is 0 Å². The van der Waals surface area contributed by atoms with Crippen LogP contribution in [0.25, 0.3) is 0 Å². The zero-order chi connectivity index (χ0) is 18.4. The molecule has 138 valence electrons. The van der Waals surface area contributed by atoms with Crippen LogP contribution in [0.5, 0.6) is 0 Å². The van der Waals surface area contributed by atoms with Crippen molar-refractivity contribution in [3.63, 3.8) is 0 Å². The second kappa shape index (κ2) is 13.8. The van der Waals surface area contributed by atoms with Gasteiger partial charge < -0.3 is 9.84 Å². The number of carbonyl (C=O) groups is 2. The fourth-order valence-corrected chi connectivity index (χ4v) is 2.33. The highest BCUT2D eigenvalue weighted by atomic mass is 16.6. The Hall–Kier alpha value is -1.58. The average Bonchev–Trinajstić information content (AvgIpc) is 2.55. The van der Waals surface area contributed by atoms with Crippen molar-refractivity contribution in [1.29, 1.82) is 0 Å². The molecule has 4 nitrogen and oxygen atoms in total. The first-order valence-corrected chi connectivity index (χ1v) is 9.20. The first-order chi connectivity index (χ1) is 11.4. The molecule has 0 saturated heterocycles. The summed E-state index contributed by atoms with van der Waals surface area (Å²) in [5, 5.41) is 9.91. The molecule has 0 atom stereocenters. The van der Waals surface area contributed by atoms with Gasteiger partial charge in [0.2, 0.25) is 0 Å². The highest BCUT2D eigenvalue weighted by Crippen LogP contribution is 2.15. The van der Waals surface area contributed by atoms with Crippen molar-refractivity contribution in [1.82, 2.24) is 0 Å². The van der Waals surface area contributed by atoms with Crippen LogP contribution in [0, 0.1) is 0 Å². The van der Waals surface area contributed by atoms with Crippen LogP contribution in [-0.4, -0.2) is 17.0 Å². The first-order valence-electron chi connectivity index (χ1n) is 9.20. The average molecular weight is 338 g/mol. The Morgan fingerprint density at radius 1 is 0.833 bits per heavy atom. The van der Waals surface area contributed by atoms with Crippen LogP contribution in [0.1, 0.15) is 91.4 Å². The molecule has 0 rings (SSSR count). The summed E-state index contributed by atoms with van der Waals surface area (Å²) in [6, 6.07) is 0. The van der Waals surface area contributed by atoms with Crippen molar-refractivity contribution in [3.8, 4) is 0 Å². The molecular weight excluding hydrogens is 304 g/mol. The van der Waals surface area contributed by atoms with Crippen molar-refractivity contribution in [2.45, 2.75) is 91.4 Å². The molecule has 0 spiro atoms. The molecule has 0 aliphatic rings. The fraction of sp³-hybridized carbons (Fsp3) is 0.700. The number of carbonyl (C=O) groups excluding carboxylic acids is 2. The first kappa shape index (κ1) is 22.4. The molecule has 0 unspecified atom stereocenters. The number of aliphatic hydroxyl groups excluding tert-OH is 1. The van der Waals surface area contributed by atoms with Gasteiger partial charge in [-0.15, -0.1) is 0 Å². The summed E-state index contributed by atoms with van der Waals surface area (Å²) in [7, 11) is 0. The second-order valence-electron chi connectivity index (χ2n) is 6.46. The molecule has 0 aromatic carbocycles.